The van der Waals surface area contributed by atoms with Gasteiger partial charge in [0.05, 0.1) is 5.41 Å². The topological polar surface area (TPSA) is 78.4 Å². The van der Waals surface area contributed by atoms with Gasteiger partial charge in [0, 0.05) is 13.1 Å². The molecule has 0 bridgehead atoms. The van der Waals surface area contributed by atoms with Crippen LogP contribution in [0.25, 0.3) is 0 Å². The van der Waals surface area contributed by atoms with E-state index >= 15 is 0 Å². The first-order chi connectivity index (χ1) is 7.25. The van der Waals surface area contributed by atoms with E-state index in [4.69, 9.17) is 5.11 Å². The highest BCUT2D eigenvalue weighted by atomic mass is 16.4. The van der Waals surface area contributed by atoms with E-state index in [1.165, 1.54) is 0 Å². The fourth-order valence-electron chi connectivity index (χ4n) is 1.27. The Balaban J connectivity index is 2.24. The Morgan fingerprint density at radius 1 is 1.25 bits per heavy atom. The highest BCUT2D eigenvalue weighted by molar-refractivity contribution is 5.80. The molecule has 0 aromatic rings. The molecule has 16 heavy (non-hydrogen) atoms. The molecular weight excluding hydrogens is 208 g/mol. The summed E-state index contributed by atoms with van der Waals surface area (Å²) in [5.74, 6) is -0.816. The van der Waals surface area contributed by atoms with Crippen molar-refractivity contribution < 1.29 is 14.7 Å². The lowest BCUT2D eigenvalue weighted by Crippen LogP contribution is -2.43. The van der Waals surface area contributed by atoms with Crippen molar-refractivity contribution in [3.05, 3.63) is 0 Å². The molecule has 1 saturated carbocycles. The second kappa shape index (κ2) is 4.31. The number of carboxylic acid groups (broad SMARTS) is 1. The van der Waals surface area contributed by atoms with Crippen LogP contribution in [0, 0.1) is 10.8 Å². The first kappa shape index (κ1) is 12.8. The van der Waals surface area contributed by atoms with Crippen molar-refractivity contribution >= 4 is 12.0 Å². The van der Waals surface area contributed by atoms with E-state index in [1.807, 2.05) is 20.8 Å². The summed E-state index contributed by atoms with van der Waals surface area (Å²) in [4.78, 5) is 22.2. The van der Waals surface area contributed by atoms with Gasteiger partial charge in [0.25, 0.3) is 0 Å². The number of carbonyl (C=O) groups is 2. The molecule has 0 atom stereocenters. The summed E-state index contributed by atoms with van der Waals surface area (Å²) in [6.45, 7) is 6.85. The van der Waals surface area contributed by atoms with E-state index in [-0.39, 0.29) is 18.0 Å². The van der Waals surface area contributed by atoms with Crippen molar-refractivity contribution in [2.24, 2.45) is 10.8 Å². The normalized spacial score (nSPS) is 17.7. The maximum absolute atomic E-state index is 11.4. The van der Waals surface area contributed by atoms with Crippen LogP contribution in [-0.2, 0) is 4.79 Å². The molecule has 2 amide bonds. The zero-order valence-corrected chi connectivity index (χ0v) is 10.1. The Morgan fingerprint density at radius 3 is 2.19 bits per heavy atom. The lowest BCUT2D eigenvalue weighted by atomic mass is 9.97. The van der Waals surface area contributed by atoms with Gasteiger partial charge in [0.1, 0.15) is 0 Å². The number of nitrogens with one attached hydrogen (secondary N) is 2. The van der Waals surface area contributed by atoms with Crippen molar-refractivity contribution in [2.45, 2.75) is 33.6 Å². The molecular formula is C11H20N2O3. The van der Waals surface area contributed by atoms with E-state index in [1.54, 1.807) is 0 Å². The summed E-state index contributed by atoms with van der Waals surface area (Å²) in [6, 6.07) is -0.289. The predicted octanol–water partition coefficient (Wildman–Crippen LogP) is 1.20. The highest BCUT2D eigenvalue weighted by Crippen LogP contribution is 2.45. The first-order valence-corrected chi connectivity index (χ1v) is 5.50. The van der Waals surface area contributed by atoms with Gasteiger partial charge < -0.3 is 15.7 Å². The fourth-order valence-corrected chi connectivity index (χ4v) is 1.27. The largest absolute Gasteiger partial charge is 0.481 e. The van der Waals surface area contributed by atoms with Gasteiger partial charge >= 0.3 is 12.0 Å². The molecule has 0 aliphatic heterocycles. The minimum atomic E-state index is -0.816. The van der Waals surface area contributed by atoms with Crippen LogP contribution < -0.4 is 10.6 Å². The van der Waals surface area contributed by atoms with Gasteiger partial charge in [-0.15, -0.1) is 0 Å². The minimum absolute atomic E-state index is 0.0292. The number of hydrogen-bond donors (Lipinski definition) is 3. The summed E-state index contributed by atoms with van der Waals surface area (Å²) >= 11 is 0. The van der Waals surface area contributed by atoms with E-state index in [0.717, 1.165) is 0 Å². The quantitative estimate of drug-likeness (QED) is 0.676. The van der Waals surface area contributed by atoms with Gasteiger partial charge in [0.2, 0.25) is 0 Å². The van der Waals surface area contributed by atoms with Crippen LogP contribution >= 0.6 is 0 Å². The Labute approximate surface area is 95.6 Å². The smallest absolute Gasteiger partial charge is 0.314 e. The Hall–Kier alpha value is -1.26. The SMILES string of the molecule is CC(C)(C)CNC(=O)NCC1(C(=O)O)CC1. The van der Waals surface area contributed by atoms with E-state index in [0.29, 0.717) is 19.4 Å². The average Bonchev–Trinajstić information content (AvgIpc) is 2.91. The monoisotopic (exact) mass is 228 g/mol. The molecule has 0 aromatic heterocycles. The predicted molar refractivity (Wildman–Crippen MR) is 60.2 cm³/mol. The maximum atomic E-state index is 11.4. The zero-order valence-electron chi connectivity index (χ0n) is 10.1. The second-order valence-corrected chi connectivity index (χ2v) is 5.68. The van der Waals surface area contributed by atoms with Gasteiger partial charge in [-0.3, -0.25) is 4.79 Å². The average molecular weight is 228 g/mol. The van der Waals surface area contributed by atoms with Gasteiger partial charge in [-0.25, -0.2) is 4.79 Å². The van der Waals surface area contributed by atoms with E-state index in [2.05, 4.69) is 10.6 Å². The fraction of sp³-hybridized carbons (Fsp3) is 0.818. The molecule has 1 aliphatic carbocycles. The molecule has 1 aliphatic rings. The molecule has 3 N–H and O–H groups in total. The van der Waals surface area contributed by atoms with E-state index < -0.39 is 11.4 Å². The van der Waals surface area contributed by atoms with Gasteiger partial charge in [-0.05, 0) is 18.3 Å². The van der Waals surface area contributed by atoms with Crippen molar-refractivity contribution in [2.75, 3.05) is 13.1 Å². The molecule has 0 unspecified atom stereocenters. The van der Waals surface area contributed by atoms with Crippen LogP contribution in [0.4, 0.5) is 4.79 Å². The van der Waals surface area contributed by atoms with Crippen LogP contribution in [0.2, 0.25) is 0 Å². The third-order valence-electron chi connectivity index (χ3n) is 2.67. The van der Waals surface area contributed by atoms with Crippen LogP contribution in [0.15, 0.2) is 0 Å². The van der Waals surface area contributed by atoms with Crippen LogP contribution in [0.3, 0.4) is 0 Å². The number of rotatable bonds is 4. The molecule has 1 fully saturated rings. The number of urea groups is 1. The van der Waals surface area contributed by atoms with Gasteiger partial charge in [-0.2, -0.15) is 0 Å². The molecule has 5 heteroatoms. The van der Waals surface area contributed by atoms with Crippen molar-refractivity contribution in [1.29, 1.82) is 0 Å². The summed E-state index contributed by atoms with van der Waals surface area (Å²) in [7, 11) is 0. The van der Waals surface area contributed by atoms with Crippen molar-refractivity contribution in [3.63, 3.8) is 0 Å². The van der Waals surface area contributed by atoms with Crippen molar-refractivity contribution in [3.8, 4) is 0 Å². The minimum Gasteiger partial charge on any atom is -0.481 e. The standard InChI is InChI=1S/C11H20N2O3/c1-10(2,3)6-12-9(16)13-7-11(4-5-11)8(14)15/h4-7H2,1-3H3,(H,14,15)(H2,12,13,16). The Bertz CT molecular complexity index is 290. The molecule has 0 saturated heterocycles. The lowest BCUT2D eigenvalue weighted by Gasteiger charge is -2.19. The molecule has 0 radical (unpaired) electrons. The van der Waals surface area contributed by atoms with Gasteiger partial charge in [0.15, 0.2) is 0 Å². The lowest BCUT2D eigenvalue weighted by molar-refractivity contribution is -0.143. The van der Waals surface area contributed by atoms with Crippen molar-refractivity contribution in [1.82, 2.24) is 10.6 Å². The summed E-state index contributed by atoms with van der Waals surface area (Å²) in [5, 5.41) is 14.2. The third kappa shape index (κ3) is 3.72. The van der Waals surface area contributed by atoms with Crippen LogP contribution in [-0.4, -0.2) is 30.2 Å². The van der Waals surface area contributed by atoms with Gasteiger partial charge in [-0.1, -0.05) is 20.8 Å². The summed E-state index contributed by atoms with van der Waals surface area (Å²) < 4.78 is 0. The summed E-state index contributed by atoms with van der Waals surface area (Å²) in [6.07, 6.45) is 1.31. The van der Waals surface area contributed by atoms with Crippen LogP contribution in [0.5, 0.6) is 0 Å². The van der Waals surface area contributed by atoms with Crippen LogP contribution in [0.1, 0.15) is 33.6 Å². The number of amides is 2. The molecule has 0 spiro atoms. The third-order valence-corrected chi connectivity index (χ3v) is 2.67. The Kier molecular flexibility index (Phi) is 3.45. The molecule has 0 aromatic carbocycles. The zero-order chi connectivity index (χ0) is 12.4. The number of hydrogen-bond acceptors (Lipinski definition) is 2. The van der Waals surface area contributed by atoms with E-state index in [9.17, 15) is 9.59 Å². The molecule has 0 heterocycles. The number of aliphatic carboxylic acids is 1. The number of carboxylic acids is 1. The molecule has 5 nitrogen and oxygen atoms in total. The second-order valence-electron chi connectivity index (χ2n) is 5.68. The maximum Gasteiger partial charge on any atom is 0.314 e. The highest BCUT2D eigenvalue weighted by Gasteiger charge is 2.50. The molecule has 92 valence electrons. The summed E-state index contributed by atoms with van der Waals surface area (Å²) in [5.41, 5.74) is -0.666. The molecule has 1 rings (SSSR count). The first-order valence-electron chi connectivity index (χ1n) is 5.50. The number of carbonyl (C=O) groups excluding carboxylic acids is 1. The Morgan fingerprint density at radius 2 is 1.81 bits per heavy atom.